The molecule has 1 unspecified atom stereocenters. The number of aliphatic imine (C=N–C) groups is 1. The van der Waals surface area contributed by atoms with E-state index in [2.05, 4.69) is 20.3 Å². The minimum atomic E-state index is -4.59. The molecular formula is C19H15F3N4O. The van der Waals surface area contributed by atoms with Crippen LogP contribution in [0.1, 0.15) is 47.5 Å². The molecule has 2 aromatic heterocycles. The molecule has 8 heteroatoms. The number of amidine groups is 1. The maximum absolute atomic E-state index is 13.3. The third-order valence-corrected chi connectivity index (χ3v) is 5.41. The Labute approximate surface area is 152 Å². The number of hydrogen-bond acceptors (Lipinski definition) is 4. The number of fused-ring (bicyclic) bond motifs is 4. The highest BCUT2D eigenvalue weighted by molar-refractivity contribution is 6.16. The standard InChI is InChI=1S/C19H15F3N4O/c20-19(21,22)14-6-5-11-15(25-14)18(8-7-13-12(18)2-1-9-23-13)17(27)26-16(11)24-10-3-4-10/h1-2,5-6,9-10H,3-4,7-8H2,(H,24,26,27). The monoisotopic (exact) mass is 372 g/mol. The average Bonchev–Trinajstić information content (AvgIpc) is 3.37. The van der Waals surface area contributed by atoms with Crippen molar-refractivity contribution in [1.29, 1.82) is 0 Å². The molecule has 2 aliphatic carbocycles. The van der Waals surface area contributed by atoms with Gasteiger partial charge in [0.1, 0.15) is 16.9 Å². The largest absolute Gasteiger partial charge is 0.433 e. The molecule has 3 heterocycles. The summed E-state index contributed by atoms with van der Waals surface area (Å²) in [7, 11) is 0. The van der Waals surface area contributed by atoms with Crippen LogP contribution in [0.4, 0.5) is 13.2 Å². The Balaban J connectivity index is 1.78. The number of carbonyl (C=O) groups excluding carboxylic acids is 1. The molecule has 3 aliphatic rings. The minimum absolute atomic E-state index is 0.113. The first-order valence-corrected chi connectivity index (χ1v) is 8.82. The van der Waals surface area contributed by atoms with Crippen molar-refractivity contribution in [1.82, 2.24) is 15.3 Å². The van der Waals surface area contributed by atoms with Crippen molar-refractivity contribution in [3.05, 3.63) is 58.7 Å². The lowest BCUT2D eigenvalue weighted by Crippen LogP contribution is -2.53. The average molecular weight is 372 g/mol. The zero-order valence-corrected chi connectivity index (χ0v) is 14.2. The summed E-state index contributed by atoms with van der Waals surface area (Å²) < 4.78 is 40.0. The van der Waals surface area contributed by atoms with Gasteiger partial charge in [0.15, 0.2) is 0 Å². The summed E-state index contributed by atoms with van der Waals surface area (Å²) in [5.41, 5.74) is -0.318. The summed E-state index contributed by atoms with van der Waals surface area (Å²) >= 11 is 0. The second-order valence-electron chi connectivity index (χ2n) is 7.16. The van der Waals surface area contributed by atoms with Gasteiger partial charge in [-0.2, -0.15) is 13.2 Å². The number of amides is 1. The van der Waals surface area contributed by atoms with E-state index in [-0.39, 0.29) is 17.6 Å². The molecule has 1 N–H and O–H groups in total. The highest BCUT2D eigenvalue weighted by atomic mass is 19.4. The fourth-order valence-electron chi connectivity index (χ4n) is 3.96. The van der Waals surface area contributed by atoms with E-state index in [0.717, 1.165) is 24.6 Å². The van der Waals surface area contributed by atoms with Crippen LogP contribution in [0.15, 0.2) is 35.5 Å². The number of nitrogens with one attached hydrogen (secondary N) is 1. The molecular weight excluding hydrogens is 357 g/mol. The number of aromatic nitrogens is 2. The van der Waals surface area contributed by atoms with Gasteiger partial charge in [0, 0.05) is 17.5 Å². The van der Waals surface area contributed by atoms with Crippen molar-refractivity contribution in [2.45, 2.75) is 43.3 Å². The molecule has 2 aromatic rings. The molecule has 1 amide bonds. The Kier molecular flexibility index (Phi) is 3.26. The van der Waals surface area contributed by atoms with E-state index in [4.69, 9.17) is 0 Å². The Morgan fingerprint density at radius 1 is 1.22 bits per heavy atom. The van der Waals surface area contributed by atoms with Gasteiger partial charge in [-0.3, -0.25) is 14.8 Å². The number of pyridine rings is 2. The van der Waals surface area contributed by atoms with Crippen LogP contribution in [-0.2, 0) is 22.8 Å². The summed E-state index contributed by atoms with van der Waals surface area (Å²) in [4.78, 5) is 25.9. The molecule has 0 radical (unpaired) electrons. The lowest BCUT2D eigenvalue weighted by molar-refractivity contribution is -0.141. The predicted molar refractivity (Wildman–Crippen MR) is 90.3 cm³/mol. The van der Waals surface area contributed by atoms with Crippen LogP contribution in [0.25, 0.3) is 0 Å². The molecule has 0 aromatic carbocycles. The predicted octanol–water partition coefficient (Wildman–Crippen LogP) is 2.77. The maximum Gasteiger partial charge on any atom is 0.433 e. The first kappa shape index (κ1) is 16.4. The number of alkyl halides is 3. The number of carbonyl (C=O) groups is 1. The van der Waals surface area contributed by atoms with E-state index in [1.165, 1.54) is 6.07 Å². The molecule has 0 bridgehead atoms. The van der Waals surface area contributed by atoms with Crippen molar-refractivity contribution in [3.8, 4) is 0 Å². The third-order valence-electron chi connectivity index (χ3n) is 5.41. The van der Waals surface area contributed by atoms with Gasteiger partial charge in [-0.25, -0.2) is 4.98 Å². The first-order valence-electron chi connectivity index (χ1n) is 8.82. The summed E-state index contributed by atoms with van der Waals surface area (Å²) in [6.45, 7) is 0. The zero-order valence-electron chi connectivity index (χ0n) is 14.2. The topological polar surface area (TPSA) is 67.2 Å². The fourth-order valence-corrected chi connectivity index (χ4v) is 3.96. The summed E-state index contributed by atoms with van der Waals surface area (Å²) in [6.07, 6.45) is -0.284. The fraction of sp³-hybridized carbons (Fsp3) is 0.368. The van der Waals surface area contributed by atoms with Crippen LogP contribution < -0.4 is 5.32 Å². The molecule has 1 aliphatic heterocycles. The van der Waals surface area contributed by atoms with E-state index in [9.17, 15) is 18.0 Å². The normalized spacial score (nSPS) is 25.4. The van der Waals surface area contributed by atoms with E-state index in [1.54, 1.807) is 18.3 Å². The minimum Gasteiger partial charge on any atom is -0.309 e. The molecule has 138 valence electrons. The van der Waals surface area contributed by atoms with Gasteiger partial charge in [-0.05, 0) is 49.4 Å². The SMILES string of the molecule is O=C1NC(=NC2CC2)c2ccc(C(F)(F)F)nc2C12CCc1ncccc12. The lowest BCUT2D eigenvalue weighted by atomic mass is 9.73. The van der Waals surface area contributed by atoms with Gasteiger partial charge in [-0.1, -0.05) is 6.07 Å². The molecule has 1 fully saturated rings. The molecule has 1 atom stereocenters. The molecule has 27 heavy (non-hydrogen) atoms. The van der Waals surface area contributed by atoms with Gasteiger partial charge in [0.05, 0.1) is 11.7 Å². The molecule has 1 saturated carbocycles. The number of hydrogen-bond donors (Lipinski definition) is 1. The van der Waals surface area contributed by atoms with Crippen molar-refractivity contribution in [2.24, 2.45) is 4.99 Å². The van der Waals surface area contributed by atoms with Crippen LogP contribution in [0.2, 0.25) is 0 Å². The maximum atomic E-state index is 13.3. The van der Waals surface area contributed by atoms with E-state index < -0.39 is 17.3 Å². The van der Waals surface area contributed by atoms with Gasteiger partial charge >= 0.3 is 6.18 Å². The number of nitrogens with zero attached hydrogens (tertiary/aromatic N) is 3. The van der Waals surface area contributed by atoms with Crippen LogP contribution in [-0.4, -0.2) is 27.8 Å². The number of aryl methyl sites for hydroxylation is 1. The van der Waals surface area contributed by atoms with E-state index in [1.807, 2.05) is 0 Å². The Hall–Kier alpha value is -2.77. The lowest BCUT2D eigenvalue weighted by Gasteiger charge is -2.35. The van der Waals surface area contributed by atoms with Crippen molar-refractivity contribution < 1.29 is 18.0 Å². The van der Waals surface area contributed by atoms with Crippen molar-refractivity contribution >= 4 is 11.7 Å². The number of halogens is 3. The highest BCUT2D eigenvalue weighted by Crippen LogP contribution is 2.46. The van der Waals surface area contributed by atoms with Crippen molar-refractivity contribution in [2.75, 3.05) is 0 Å². The summed E-state index contributed by atoms with van der Waals surface area (Å²) in [6, 6.07) is 5.89. The first-order chi connectivity index (χ1) is 12.9. The van der Waals surface area contributed by atoms with Crippen LogP contribution in [0.3, 0.4) is 0 Å². The second kappa shape index (κ2) is 5.37. The van der Waals surface area contributed by atoms with Gasteiger partial charge in [0.25, 0.3) is 0 Å². The summed E-state index contributed by atoms with van der Waals surface area (Å²) in [5, 5.41) is 2.84. The molecule has 0 saturated heterocycles. The molecule has 1 spiro atoms. The third kappa shape index (κ3) is 2.39. The van der Waals surface area contributed by atoms with Crippen LogP contribution in [0.5, 0.6) is 0 Å². The van der Waals surface area contributed by atoms with Gasteiger partial charge < -0.3 is 5.32 Å². The quantitative estimate of drug-likeness (QED) is 0.837. The molecule has 5 rings (SSSR count). The van der Waals surface area contributed by atoms with Gasteiger partial charge in [0.2, 0.25) is 5.91 Å². The van der Waals surface area contributed by atoms with Gasteiger partial charge in [-0.15, -0.1) is 0 Å². The van der Waals surface area contributed by atoms with Crippen LogP contribution >= 0.6 is 0 Å². The Morgan fingerprint density at radius 3 is 2.78 bits per heavy atom. The smallest absolute Gasteiger partial charge is 0.309 e. The number of rotatable bonds is 1. The van der Waals surface area contributed by atoms with E-state index >= 15 is 0 Å². The Bertz CT molecular complexity index is 997. The van der Waals surface area contributed by atoms with E-state index in [0.29, 0.717) is 29.8 Å². The zero-order chi connectivity index (χ0) is 18.8. The van der Waals surface area contributed by atoms with Crippen molar-refractivity contribution in [3.63, 3.8) is 0 Å². The Morgan fingerprint density at radius 2 is 2.04 bits per heavy atom. The van der Waals surface area contributed by atoms with Crippen LogP contribution in [0, 0.1) is 0 Å². The second-order valence-corrected chi connectivity index (χ2v) is 7.16. The molecule has 5 nitrogen and oxygen atoms in total. The highest BCUT2D eigenvalue weighted by Gasteiger charge is 2.53. The summed E-state index contributed by atoms with van der Waals surface area (Å²) in [5.74, 6) is -0.0605.